The Hall–Kier alpha value is -1.55. The number of hydrogen-bond donors (Lipinski definition) is 2. The fourth-order valence-electron chi connectivity index (χ4n) is 1.36. The highest BCUT2D eigenvalue weighted by Gasteiger charge is 2.02. The predicted octanol–water partition coefficient (Wildman–Crippen LogP) is 2.92. The molecule has 1 aromatic carbocycles. The number of anilines is 1. The molecule has 2 N–H and O–H groups in total. The lowest BCUT2D eigenvalue weighted by atomic mass is 10.2. The molecular weight excluding hydrogens is 218 g/mol. The van der Waals surface area contributed by atoms with Gasteiger partial charge in [-0.1, -0.05) is 31.9 Å². The Morgan fingerprint density at radius 3 is 2.59 bits per heavy atom. The molecule has 0 fully saturated rings. The first kappa shape index (κ1) is 13.5. The second-order valence-corrected chi connectivity index (χ2v) is 3.82. The number of aliphatic hydroxyl groups is 1. The second kappa shape index (κ2) is 7.68. The molecule has 1 rings (SSSR count). The molecule has 0 saturated carbocycles. The Bertz CT molecular complexity index is 335. The molecule has 0 unspecified atom stereocenters. The topological polar surface area (TPSA) is 58.6 Å². The van der Waals surface area contributed by atoms with E-state index in [4.69, 9.17) is 9.84 Å². The van der Waals surface area contributed by atoms with Crippen molar-refractivity contribution >= 4 is 11.8 Å². The second-order valence-electron chi connectivity index (χ2n) is 3.82. The van der Waals surface area contributed by atoms with Gasteiger partial charge in [0.2, 0.25) is 0 Å². The van der Waals surface area contributed by atoms with E-state index < -0.39 is 6.09 Å². The number of amides is 1. The summed E-state index contributed by atoms with van der Waals surface area (Å²) in [6, 6.07) is 6.98. The van der Waals surface area contributed by atoms with E-state index in [0.29, 0.717) is 12.3 Å². The van der Waals surface area contributed by atoms with E-state index in [-0.39, 0.29) is 6.61 Å². The minimum atomic E-state index is -0.433. The molecule has 4 heteroatoms. The van der Waals surface area contributed by atoms with Crippen molar-refractivity contribution < 1.29 is 14.6 Å². The summed E-state index contributed by atoms with van der Waals surface area (Å²) in [5.41, 5.74) is 1.48. The van der Waals surface area contributed by atoms with E-state index in [1.54, 1.807) is 24.3 Å². The Morgan fingerprint density at radius 2 is 2.00 bits per heavy atom. The zero-order valence-electron chi connectivity index (χ0n) is 10.1. The zero-order chi connectivity index (χ0) is 12.5. The standard InChI is InChI=1S/C13H19NO3/c1-2-3-4-9-17-13(16)14-12-7-5-11(10-15)6-8-12/h5-8,15H,2-4,9-10H2,1H3,(H,14,16). The molecule has 4 nitrogen and oxygen atoms in total. The Balaban J connectivity index is 2.29. The van der Waals surface area contributed by atoms with Crippen molar-refractivity contribution in [3.05, 3.63) is 29.8 Å². The van der Waals surface area contributed by atoms with Crippen LogP contribution >= 0.6 is 0 Å². The molecule has 0 aliphatic rings. The minimum Gasteiger partial charge on any atom is -0.449 e. The van der Waals surface area contributed by atoms with E-state index in [2.05, 4.69) is 12.2 Å². The van der Waals surface area contributed by atoms with Gasteiger partial charge in [-0.05, 0) is 24.1 Å². The first-order valence-electron chi connectivity index (χ1n) is 5.90. The quantitative estimate of drug-likeness (QED) is 0.748. The van der Waals surface area contributed by atoms with Crippen molar-refractivity contribution in [1.29, 1.82) is 0 Å². The number of ether oxygens (including phenoxy) is 1. The van der Waals surface area contributed by atoms with Gasteiger partial charge < -0.3 is 9.84 Å². The molecule has 0 aliphatic carbocycles. The van der Waals surface area contributed by atoms with Gasteiger partial charge in [-0.15, -0.1) is 0 Å². The summed E-state index contributed by atoms with van der Waals surface area (Å²) >= 11 is 0. The fourth-order valence-corrected chi connectivity index (χ4v) is 1.36. The van der Waals surface area contributed by atoms with Gasteiger partial charge in [-0.25, -0.2) is 4.79 Å². The third-order valence-corrected chi connectivity index (χ3v) is 2.36. The molecule has 0 bridgehead atoms. The highest BCUT2D eigenvalue weighted by molar-refractivity contribution is 5.84. The molecule has 17 heavy (non-hydrogen) atoms. The van der Waals surface area contributed by atoms with Crippen LogP contribution in [0.1, 0.15) is 31.7 Å². The maximum absolute atomic E-state index is 11.3. The summed E-state index contributed by atoms with van der Waals surface area (Å²) < 4.78 is 5.01. The van der Waals surface area contributed by atoms with Crippen LogP contribution < -0.4 is 5.32 Å². The van der Waals surface area contributed by atoms with Crippen LogP contribution in [0.15, 0.2) is 24.3 Å². The molecule has 0 saturated heterocycles. The van der Waals surface area contributed by atoms with E-state index in [9.17, 15) is 4.79 Å². The lowest BCUT2D eigenvalue weighted by molar-refractivity contribution is 0.159. The number of unbranched alkanes of at least 4 members (excludes halogenated alkanes) is 2. The minimum absolute atomic E-state index is 0.00173. The van der Waals surface area contributed by atoms with Gasteiger partial charge in [-0.3, -0.25) is 5.32 Å². The summed E-state index contributed by atoms with van der Waals surface area (Å²) in [5, 5.41) is 11.5. The summed E-state index contributed by atoms with van der Waals surface area (Å²) in [5.74, 6) is 0. The van der Waals surface area contributed by atoms with Crippen LogP contribution in [0.3, 0.4) is 0 Å². The maximum Gasteiger partial charge on any atom is 0.411 e. The van der Waals surface area contributed by atoms with Gasteiger partial charge in [0.15, 0.2) is 0 Å². The van der Waals surface area contributed by atoms with Crippen molar-refractivity contribution in [2.75, 3.05) is 11.9 Å². The number of carbonyl (C=O) groups excluding carboxylic acids is 1. The third kappa shape index (κ3) is 5.36. The molecule has 0 spiro atoms. The van der Waals surface area contributed by atoms with Crippen molar-refractivity contribution in [3.63, 3.8) is 0 Å². The van der Waals surface area contributed by atoms with Crippen molar-refractivity contribution in [1.82, 2.24) is 0 Å². The van der Waals surface area contributed by atoms with E-state index >= 15 is 0 Å². The Kier molecular flexibility index (Phi) is 6.10. The van der Waals surface area contributed by atoms with Crippen LogP contribution in [0.5, 0.6) is 0 Å². The summed E-state index contributed by atoms with van der Waals surface area (Å²) in [6.07, 6.45) is 2.64. The van der Waals surface area contributed by atoms with Gasteiger partial charge in [0, 0.05) is 5.69 Å². The number of aliphatic hydroxyl groups excluding tert-OH is 1. The molecule has 0 aliphatic heterocycles. The monoisotopic (exact) mass is 237 g/mol. The van der Waals surface area contributed by atoms with Crippen LogP contribution in [0.4, 0.5) is 10.5 Å². The first-order chi connectivity index (χ1) is 8.26. The number of benzene rings is 1. The smallest absolute Gasteiger partial charge is 0.411 e. The predicted molar refractivity (Wildman–Crippen MR) is 66.9 cm³/mol. The average Bonchev–Trinajstić information content (AvgIpc) is 2.36. The maximum atomic E-state index is 11.3. The number of hydrogen-bond acceptors (Lipinski definition) is 3. The summed E-state index contributed by atoms with van der Waals surface area (Å²) in [4.78, 5) is 11.3. The number of carbonyl (C=O) groups is 1. The highest BCUT2D eigenvalue weighted by atomic mass is 16.5. The van der Waals surface area contributed by atoms with Crippen molar-refractivity contribution in [3.8, 4) is 0 Å². The van der Waals surface area contributed by atoms with Gasteiger partial charge >= 0.3 is 6.09 Å². The van der Waals surface area contributed by atoms with Gasteiger partial charge in [0.1, 0.15) is 0 Å². The molecule has 1 aromatic rings. The molecule has 94 valence electrons. The largest absolute Gasteiger partial charge is 0.449 e. The fraction of sp³-hybridized carbons (Fsp3) is 0.462. The summed E-state index contributed by atoms with van der Waals surface area (Å²) in [7, 11) is 0. The van der Waals surface area contributed by atoms with Gasteiger partial charge in [0.25, 0.3) is 0 Å². The normalized spacial score (nSPS) is 10.0. The Morgan fingerprint density at radius 1 is 1.29 bits per heavy atom. The summed E-state index contributed by atoms with van der Waals surface area (Å²) in [6.45, 7) is 2.55. The SMILES string of the molecule is CCCCCOC(=O)Nc1ccc(CO)cc1. The molecule has 0 radical (unpaired) electrons. The molecule has 0 atom stereocenters. The lowest BCUT2D eigenvalue weighted by Crippen LogP contribution is -2.14. The van der Waals surface area contributed by atoms with E-state index in [0.717, 1.165) is 24.8 Å². The van der Waals surface area contributed by atoms with Crippen LogP contribution in [0.2, 0.25) is 0 Å². The van der Waals surface area contributed by atoms with Crippen molar-refractivity contribution in [2.45, 2.75) is 32.8 Å². The highest BCUT2D eigenvalue weighted by Crippen LogP contribution is 2.09. The lowest BCUT2D eigenvalue weighted by Gasteiger charge is -2.07. The third-order valence-electron chi connectivity index (χ3n) is 2.36. The van der Waals surface area contributed by atoms with Gasteiger partial charge in [-0.2, -0.15) is 0 Å². The van der Waals surface area contributed by atoms with Crippen LogP contribution in [-0.2, 0) is 11.3 Å². The van der Waals surface area contributed by atoms with Gasteiger partial charge in [0.05, 0.1) is 13.2 Å². The van der Waals surface area contributed by atoms with Crippen LogP contribution in [0, 0.1) is 0 Å². The zero-order valence-corrected chi connectivity index (χ0v) is 10.1. The number of nitrogens with one attached hydrogen (secondary N) is 1. The Labute approximate surface area is 102 Å². The number of rotatable bonds is 6. The van der Waals surface area contributed by atoms with Crippen LogP contribution in [-0.4, -0.2) is 17.8 Å². The van der Waals surface area contributed by atoms with Crippen molar-refractivity contribution in [2.24, 2.45) is 0 Å². The average molecular weight is 237 g/mol. The molecule has 0 aromatic heterocycles. The van der Waals surface area contributed by atoms with Crippen LogP contribution in [0.25, 0.3) is 0 Å². The molecule has 0 heterocycles. The molecule has 1 amide bonds. The van der Waals surface area contributed by atoms with E-state index in [1.165, 1.54) is 0 Å². The molecular formula is C13H19NO3. The first-order valence-corrected chi connectivity index (χ1v) is 5.90. The van der Waals surface area contributed by atoms with E-state index in [1.807, 2.05) is 0 Å².